The minimum atomic E-state index is -3.92. The lowest BCUT2D eigenvalue weighted by Crippen LogP contribution is -2.28. The highest BCUT2D eigenvalue weighted by atomic mass is 32.2. The average Bonchev–Trinajstić information content (AvgIpc) is 2.75. The van der Waals surface area contributed by atoms with Crippen molar-refractivity contribution in [1.82, 2.24) is 5.32 Å². The Labute approximate surface area is 182 Å². The van der Waals surface area contributed by atoms with Gasteiger partial charge in [0.1, 0.15) is 5.82 Å². The molecule has 0 aromatic heterocycles. The third-order valence-electron chi connectivity index (χ3n) is 5.32. The molecule has 5 nitrogen and oxygen atoms in total. The smallest absolute Gasteiger partial charge is 0.264 e. The Morgan fingerprint density at radius 3 is 2.29 bits per heavy atom. The number of amides is 1. The summed E-state index contributed by atoms with van der Waals surface area (Å²) in [4.78, 5) is 12.8. The topological polar surface area (TPSA) is 66.5 Å². The zero-order chi connectivity index (χ0) is 22.8. The number of sulfonamides is 1. The highest BCUT2D eigenvalue weighted by Crippen LogP contribution is 2.23. The molecule has 0 saturated carbocycles. The van der Waals surface area contributed by atoms with Crippen LogP contribution in [-0.2, 0) is 10.0 Å². The maximum atomic E-state index is 13.2. The lowest BCUT2D eigenvalue weighted by molar-refractivity contribution is 0.0939. The number of nitrogens with zero attached hydrogens (tertiary/aromatic N) is 1. The van der Waals surface area contributed by atoms with Gasteiger partial charge >= 0.3 is 0 Å². The minimum Gasteiger partial charge on any atom is -0.346 e. The normalized spacial score (nSPS) is 12.3. The van der Waals surface area contributed by atoms with Crippen LogP contribution in [0.4, 0.5) is 10.1 Å². The first-order valence-electron chi connectivity index (χ1n) is 9.82. The first-order chi connectivity index (χ1) is 14.6. The molecule has 0 aliphatic carbocycles. The number of benzene rings is 3. The number of rotatable bonds is 6. The van der Waals surface area contributed by atoms with Gasteiger partial charge in [-0.15, -0.1) is 0 Å². The molecule has 1 atom stereocenters. The zero-order valence-corrected chi connectivity index (χ0v) is 18.7. The van der Waals surface area contributed by atoms with Gasteiger partial charge in [-0.2, -0.15) is 0 Å². The van der Waals surface area contributed by atoms with E-state index in [4.69, 9.17) is 0 Å². The highest BCUT2D eigenvalue weighted by Gasteiger charge is 2.23. The zero-order valence-electron chi connectivity index (χ0n) is 17.9. The van der Waals surface area contributed by atoms with Crippen LogP contribution in [0, 0.1) is 19.7 Å². The molecule has 0 bridgehead atoms. The lowest BCUT2D eigenvalue weighted by Gasteiger charge is -2.20. The predicted octanol–water partition coefficient (Wildman–Crippen LogP) is 4.76. The number of aryl methyl sites for hydroxylation is 2. The van der Waals surface area contributed by atoms with E-state index in [1.165, 1.54) is 55.1 Å². The van der Waals surface area contributed by atoms with Crippen molar-refractivity contribution < 1.29 is 17.6 Å². The molecule has 1 N–H and O–H groups in total. The van der Waals surface area contributed by atoms with Crippen LogP contribution in [0.5, 0.6) is 0 Å². The van der Waals surface area contributed by atoms with E-state index in [-0.39, 0.29) is 22.4 Å². The maximum absolute atomic E-state index is 13.2. The van der Waals surface area contributed by atoms with Crippen molar-refractivity contribution in [3.63, 3.8) is 0 Å². The summed E-state index contributed by atoms with van der Waals surface area (Å²) < 4.78 is 40.2. The van der Waals surface area contributed by atoms with E-state index in [1.807, 2.05) is 39.0 Å². The van der Waals surface area contributed by atoms with Crippen LogP contribution in [-0.4, -0.2) is 21.4 Å². The highest BCUT2D eigenvalue weighted by molar-refractivity contribution is 7.92. The second-order valence-corrected chi connectivity index (χ2v) is 9.48. The number of carbonyl (C=O) groups is 1. The average molecular weight is 441 g/mol. The minimum absolute atomic E-state index is 0.0224. The van der Waals surface area contributed by atoms with Gasteiger partial charge in [0.2, 0.25) is 0 Å². The summed E-state index contributed by atoms with van der Waals surface area (Å²) in [6, 6.07) is 16.8. The SMILES string of the molecule is Cc1ccc([C@@H](C)NC(=O)c2cccc(S(=O)(=O)N(C)c3ccc(F)cc3)c2)cc1C. The van der Waals surface area contributed by atoms with E-state index in [9.17, 15) is 17.6 Å². The van der Waals surface area contributed by atoms with Crippen molar-refractivity contribution in [2.45, 2.75) is 31.7 Å². The summed E-state index contributed by atoms with van der Waals surface area (Å²) in [5, 5.41) is 2.92. The van der Waals surface area contributed by atoms with Crippen molar-refractivity contribution in [2.75, 3.05) is 11.4 Å². The fraction of sp³-hybridized carbons (Fsp3) is 0.208. The summed E-state index contributed by atoms with van der Waals surface area (Å²) in [5.74, 6) is -0.821. The molecule has 0 spiro atoms. The van der Waals surface area contributed by atoms with Crippen LogP contribution in [0.3, 0.4) is 0 Å². The molecule has 0 heterocycles. The van der Waals surface area contributed by atoms with Crippen molar-refractivity contribution in [2.24, 2.45) is 0 Å². The number of carbonyl (C=O) groups excluding carboxylic acids is 1. The molecule has 0 fully saturated rings. The molecule has 0 aliphatic heterocycles. The number of anilines is 1. The van der Waals surface area contributed by atoms with Gasteiger partial charge < -0.3 is 5.32 Å². The van der Waals surface area contributed by atoms with Crippen LogP contribution < -0.4 is 9.62 Å². The Hall–Kier alpha value is -3.19. The molecule has 1 amide bonds. The molecule has 0 radical (unpaired) electrons. The van der Waals surface area contributed by atoms with Crippen LogP contribution in [0.2, 0.25) is 0 Å². The standard InChI is InChI=1S/C24H25FN2O3S/c1-16-8-9-19(14-17(16)2)18(3)26-24(28)20-6-5-7-23(15-20)31(29,30)27(4)22-12-10-21(25)11-13-22/h5-15,18H,1-4H3,(H,26,28)/t18-/m1/s1. The fourth-order valence-electron chi connectivity index (χ4n) is 3.14. The number of nitrogens with one attached hydrogen (secondary N) is 1. The molecular weight excluding hydrogens is 415 g/mol. The van der Waals surface area contributed by atoms with Gasteiger partial charge in [-0.25, -0.2) is 12.8 Å². The van der Waals surface area contributed by atoms with Gasteiger partial charge in [0.05, 0.1) is 16.6 Å². The molecule has 31 heavy (non-hydrogen) atoms. The van der Waals surface area contributed by atoms with Gasteiger partial charge in [-0.3, -0.25) is 9.10 Å². The van der Waals surface area contributed by atoms with Gasteiger partial charge in [0.15, 0.2) is 0 Å². The summed E-state index contributed by atoms with van der Waals surface area (Å²) in [6.45, 7) is 5.92. The number of halogens is 1. The van der Waals surface area contributed by atoms with Crippen molar-refractivity contribution >= 4 is 21.6 Å². The van der Waals surface area contributed by atoms with E-state index in [0.29, 0.717) is 5.69 Å². The third kappa shape index (κ3) is 4.94. The van der Waals surface area contributed by atoms with Crippen LogP contribution in [0.25, 0.3) is 0 Å². The molecule has 162 valence electrons. The summed E-state index contributed by atoms with van der Waals surface area (Å²) in [5.41, 5.74) is 3.83. The lowest BCUT2D eigenvalue weighted by atomic mass is 10.0. The van der Waals surface area contributed by atoms with E-state index in [0.717, 1.165) is 15.4 Å². The Morgan fingerprint density at radius 1 is 0.968 bits per heavy atom. The predicted molar refractivity (Wildman–Crippen MR) is 120 cm³/mol. The van der Waals surface area contributed by atoms with Crippen LogP contribution in [0.1, 0.15) is 40.0 Å². The van der Waals surface area contributed by atoms with E-state index in [2.05, 4.69) is 5.32 Å². The maximum Gasteiger partial charge on any atom is 0.264 e. The summed E-state index contributed by atoms with van der Waals surface area (Å²) in [6.07, 6.45) is 0. The number of hydrogen-bond acceptors (Lipinski definition) is 3. The quantitative estimate of drug-likeness (QED) is 0.601. The van der Waals surface area contributed by atoms with Crippen molar-refractivity contribution in [3.8, 4) is 0 Å². The monoisotopic (exact) mass is 440 g/mol. The van der Waals surface area contributed by atoms with Gasteiger partial charge in [-0.05, 0) is 79.9 Å². The van der Waals surface area contributed by atoms with Gasteiger partial charge in [0.25, 0.3) is 15.9 Å². The molecule has 0 aliphatic rings. The Bertz CT molecular complexity index is 1210. The third-order valence-corrected chi connectivity index (χ3v) is 7.10. The first-order valence-corrected chi connectivity index (χ1v) is 11.3. The second-order valence-electron chi connectivity index (χ2n) is 7.52. The van der Waals surface area contributed by atoms with Gasteiger partial charge in [0, 0.05) is 12.6 Å². The van der Waals surface area contributed by atoms with E-state index < -0.39 is 15.8 Å². The second kappa shape index (κ2) is 8.89. The van der Waals surface area contributed by atoms with E-state index in [1.54, 1.807) is 6.07 Å². The molecule has 7 heteroatoms. The molecule has 0 unspecified atom stereocenters. The largest absolute Gasteiger partial charge is 0.346 e. The van der Waals surface area contributed by atoms with Crippen molar-refractivity contribution in [1.29, 1.82) is 0 Å². The molecule has 3 aromatic rings. The number of hydrogen-bond donors (Lipinski definition) is 1. The Morgan fingerprint density at radius 2 is 1.65 bits per heavy atom. The molecule has 3 rings (SSSR count). The molecule has 3 aromatic carbocycles. The fourth-order valence-corrected chi connectivity index (χ4v) is 4.38. The van der Waals surface area contributed by atoms with Crippen LogP contribution >= 0.6 is 0 Å². The van der Waals surface area contributed by atoms with Crippen LogP contribution in [0.15, 0.2) is 71.6 Å². The Kier molecular flexibility index (Phi) is 6.45. The Balaban J connectivity index is 1.82. The first kappa shape index (κ1) is 22.5. The molecule has 0 saturated heterocycles. The summed E-state index contributed by atoms with van der Waals surface area (Å²) in [7, 11) is -2.54. The van der Waals surface area contributed by atoms with Gasteiger partial charge in [-0.1, -0.05) is 24.3 Å². The van der Waals surface area contributed by atoms with E-state index >= 15 is 0 Å². The summed E-state index contributed by atoms with van der Waals surface area (Å²) >= 11 is 0. The van der Waals surface area contributed by atoms with Crippen molar-refractivity contribution in [3.05, 3.63) is 94.8 Å². The molecular formula is C24H25FN2O3S.